The number of rotatable bonds is 12. The molecule has 0 aliphatic heterocycles. The van der Waals surface area contributed by atoms with E-state index < -0.39 is 11.7 Å². The van der Waals surface area contributed by atoms with Crippen LogP contribution in [0.2, 0.25) is 0 Å². The highest BCUT2D eigenvalue weighted by atomic mass is 19.1. The molecule has 0 fully saturated rings. The van der Waals surface area contributed by atoms with Crippen LogP contribution in [0.3, 0.4) is 0 Å². The van der Waals surface area contributed by atoms with E-state index in [1.807, 2.05) is 30.3 Å². The van der Waals surface area contributed by atoms with Crippen molar-refractivity contribution in [3.8, 4) is 40.2 Å². The molecule has 3 aromatic carbocycles. The van der Waals surface area contributed by atoms with E-state index in [1.165, 1.54) is 29.1 Å². The Morgan fingerprint density at radius 3 is 2.40 bits per heavy atom. The van der Waals surface area contributed by atoms with Crippen molar-refractivity contribution in [3.63, 3.8) is 0 Å². The van der Waals surface area contributed by atoms with Crippen molar-refractivity contribution in [3.05, 3.63) is 115 Å². The largest absolute Gasteiger partial charge is 0.493 e. The van der Waals surface area contributed by atoms with Gasteiger partial charge in [-0.3, -0.25) is 9.78 Å². The summed E-state index contributed by atoms with van der Waals surface area (Å²) in [6.07, 6.45) is 4.67. The molecule has 0 spiro atoms. The second-order valence-corrected chi connectivity index (χ2v) is 10.1. The molecule has 0 unspecified atom stereocenters. The first-order valence-electron chi connectivity index (χ1n) is 14.6. The van der Waals surface area contributed by atoms with Crippen LogP contribution in [0.25, 0.3) is 16.6 Å². The molecule has 3 heterocycles. The zero-order valence-electron chi connectivity index (χ0n) is 25.8. The molecule has 0 saturated heterocycles. The number of benzene rings is 3. The van der Waals surface area contributed by atoms with Crippen LogP contribution >= 0.6 is 0 Å². The van der Waals surface area contributed by atoms with Gasteiger partial charge in [0.05, 0.1) is 38.7 Å². The number of anilines is 1. The standard InChI is InChI=1S/C35H30FN5O6/c1-4-45-32-20-41(27-12-10-23(36)16-29(27)46-21-22-8-6-5-7-9-22)40-34(32)35(42)39-33-13-11-24(19-38-33)47-28-14-15-37-26-18-31(44-3)30(43-2)17-25(26)28/h5-20H,4,21H2,1-3H3,(H,38,39,42). The predicted octanol–water partition coefficient (Wildman–Crippen LogP) is 6.99. The van der Waals surface area contributed by atoms with Crippen molar-refractivity contribution < 1.29 is 32.9 Å². The Morgan fingerprint density at radius 1 is 0.851 bits per heavy atom. The summed E-state index contributed by atoms with van der Waals surface area (Å²) in [4.78, 5) is 22.1. The molecular weight excluding hydrogens is 605 g/mol. The molecule has 12 heteroatoms. The molecule has 0 aliphatic carbocycles. The number of ether oxygens (including phenoxy) is 5. The molecule has 0 saturated carbocycles. The lowest BCUT2D eigenvalue weighted by molar-refractivity contribution is 0.101. The number of aromatic nitrogens is 4. The van der Waals surface area contributed by atoms with E-state index >= 15 is 0 Å². The van der Waals surface area contributed by atoms with Gasteiger partial charge in [0.2, 0.25) is 0 Å². The fraction of sp³-hybridized carbons (Fsp3) is 0.143. The van der Waals surface area contributed by atoms with E-state index in [1.54, 1.807) is 63.9 Å². The van der Waals surface area contributed by atoms with Gasteiger partial charge in [0, 0.05) is 23.7 Å². The van der Waals surface area contributed by atoms with E-state index in [-0.39, 0.29) is 29.6 Å². The van der Waals surface area contributed by atoms with Crippen LogP contribution in [-0.4, -0.2) is 46.5 Å². The summed E-state index contributed by atoms with van der Waals surface area (Å²) in [5, 5.41) is 7.94. The molecule has 1 N–H and O–H groups in total. The first-order valence-corrected chi connectivity index (χ1v) is 14.6. The third kappa shape index (κ3) is 6.91. The molecule has 1 amide bonds. The number of halogens is 1. The van der Waals surface area contributed by atoms with Crippen LogP contribution in [0.15, 0.2) is 97.5 Å². The van der Waals surface area contributed by atoms with Gasteiger partial charge in [0.25, 0.3) is 5.91 Å². The molecule has 238 valence electrons. The second kappa shape index (κ2) is 13.9. The maximum Gasteiger partial charge on any atom is 0.281 e. The Hall–Kier alpha value is -6.17. The quantitative estimate of drug-likeness (QED) is 0.152. The average Bonchev–Trinajstić information content (AvgIpc) is 3.52. The summed E-state index contributed by atoms with van der Waals surface area (Å²) in [6, 6.07) is 22.2. The summed E-state index contributed by atoms with van der Waals surface area (Å²) in [6.45, 7) is 2.31. The Balaban J connectivity index is 1.20. The Morgan fingerprint density at radius 2 is 1.66 bits per heavy atom. The summed E-state index contributed by atoms with van der Waals surface area (Å²) in [5.74, 6) is 1.79. The van der Waals surface area contributed by atoms with Crippen molar-refractivity contribution in [2.75, 3.05) is 26.1 Å². The number of nitrogens with one attached hydrogen (secondary N) is 1. The number of hydrogen-bond donors (Lipinski definition) is 1. The number of fused-ring (bicyclic) bond motifs is 1. The zero-order valence-corrected chi connectivity index (χ0v) is 25.8. The number of nitrogens with zero attached hydrogens (tertiary/aromatic N) is 4. The van der Waals surface area contributed by atoms with E-state index in [9.17, 15) is 9.18 Å². The van der Waals surface area contributed by atoms with Crippen molar-refractivity contribution in [1.82, 2.24) is 19.7 Å². The van der Waals surface area contributed by atoms with Crippen molar-refractivity contribution in [1.29, 1.82) is 0 Å². The number of pyridine rings is 2. The van der Waals surface area contributed by atoms with Gasteiger partial charge in [-0.25, -0.2) is 14.1 Å². The molecule has 0 radical (unpaired) electrons. The normalized spacial score (nSPS) is 10.8. The van der Waals surface area contributed by atoms with Crippen LogP contribution in [0, 0.1) is 5.82 Å². The Labute approximate surface area is 269 Å². The van der Waals surface area contributed by atoms with Crippen LogP contribution < -0.4 is 29.0 Å². The van der Waals surface area contributed by atoms with Crippen LogP contribution in [0.1, 0.15) is 23.0 Å². The monoisotopic (exact) mass is 635 g/mol. The van der Waals surface area contributed by atoms with Crippen LogP contribution in [-0.2, 0) is 6.61 Å². The van der Waals surface area contributed by atoms with Crippen LogP contribution in [0.4, 0.5) is 10.2 Å². The van der Waals surface area contributed by atoms with Gasteiger partial charge in [-0.1, -0.05) is 30.3 Å². The van der Waals surface area contributed by atoms with Gasteiger partial charge in [-0.05, 0) is 48.9 Å². The summed E-state index contributed by atoms with van der Waals surface area (Å²) < 4.78 is 44.2. The first-order chi connectivity index (χ1) is 22.9. The highest BCUT2D eigenvalue weighted by Crippen LogP contribution is 2.37. The van der Waals surface area contributed by atoms with E-state index in [2.05, 4.69) is 20.4 Å². The highest BCUT2D eigenvalue weighted by Gasteiger charge is 2.21. The second-order valence-electron chi connectivity index (χ2n) is 10.1. The fourth-order valence-corrected chi connectivity index (χ4v) is 4.78. The van der Waals surface area contributed by atoms with Crippen molar-refractivity contribution >= 4 is 22.6 Å². The topological polar surface area (TPSA) is 119 Å². The van der Waals surface area contributed by atoms with Crippen LogP contribution in [0.5, 0.6) is 34.5 Å². The third-order valence-corrected chi connectivity index (χ3v) is 7.01. The first kappa shape index (κ1) is 30.8. The van der Waals surface area contributed by atoms with Gasteiger partial charge in [0.15, 0.2) is 22.9 Å². The van der Waals surface area contributed by atoms with Gasteiger partial charge in [-0.15, -0.1) is 0 Å². The van der Waals surface area contributed by atoms with Gasteiger partial charge >= 0.3 is 0 Å². The average molecular weight is 636 g/mol. The minimum Gasteiger partial charge on any atom is -0.493 e. The summed E-state index contributed by atoms with van der Waals surface area (Å²) >= 11 is 0. The number of carbonyl (C=O) groups excluding carboxylic acids is 1. The van der Waals surface area contributed by atoms with Crippen molar-refractivity contribution in [2.45, 2.75) is 13.5 Å². The SMILES string of the molecule is CCOc1cn(-c2ccc(F)cc2OCc2ccccc2)nc1C(=O)Nc1ccc(Oc2ccnc3cc(OC)c(OC)cc23)cn1. The van der Waals surface area contributed by atoms with E-state index in [0.29, 0.717) is 40.8 Å². The predicted molar refractivity (Wildman–Crippen MR) is 173 cm³/mol. The van der Waals surface area contributed by atoms with E-state index in [0.717, 1.165) is 10.9 Å². The lowest BCUT2D eigenvalue weighted by Gasteiger charge is -2.12. The lowest BCUT2D eigenvalue weighted by Crippen LogP contribution is -2.15. The maximum absolute atomic E-state index is 14.2. The zero-order chi connectivity index (χ0) is 32.8. The highest BCUT2D eigenvalue weighted by molar-refractivity contribution is 6.04. The third-order valence-electron chi connectivity index (χ3n) is 7.01. The molecule has 11 nitrogen and oxygen atoms in total. The fourth-order valence-electron chi connectivity index (χ4n) is 4.78. The summed E-state index contributed by atoms with van der Waals surface area (Å²) in [7, 11) is 3.12. The molecule has 0 atom stereocenters. The molecule has 0 bridgehead atoms. The number of carbonyl (C=O) groups is 1. The summed E-state index contributed by atoms with van der Waals surface area (Å²) in [5.41, 5.74) is 2.02. The number of hydrogen-bond acceptors (Lipinski definition) is 9. The molecule has 6 aromatic rings. The van der Waals surface area contributed by atoms with E-state index in [4.69, 9.17) is 23.7 Å². The molecule has 3 aromatic heterocycles. The van der Waals surface area contributed by atoms with Gasteiger partial charge in [-0.2, -0.15) is 5.10 Å². The maximum atomic E-state index is 14.2. The molecule has 0 aliphatic rings. The minimum absolute atomic E-state index is 0.0138. The Bertz CT molecular complexity index is 2020. The van der Waals surface area contributed by atoms with Crippen molar-refractivity contribution in [2.24, 2.45) is 0 Å². The molecular formula is C35H30FN5O6. The Kier molecular flexibility index (Phi) is 9.09. The number of amides is 1. The molecule has 47 heavy (non-hydrogen) atoms. The van der Waals surface area contributed by atoms with Gasteiger partial charge < -0.3 is 29.0 Å². The minimum atomic E-state index is -0.552. The smallest absolute Gasteiger partial charge is 0.281 e. The van der Waals surface area contributed by atoms with Gasteiger partial charge in [0.1, 0.15) is 41.2 Å². The molecule has 6 rings (SSSR count). The lowest BCUT2D eigenvalue weighted by atomic mass is 10.2. The number of methoxy groups -OCH3 is 2.